The number of nitrogens with zero attached hydrogens (tertiary/aromatic N) is 2. The molecule has 3 heteroatoms. The van der Waals surface area contributed by atoms with Crippen molar-refractivity contribution in [2.24, 2.45) is 5.41 Å². The third-order valence-electron chi connectivity index (χ3n) is 4.27. The largest absolute Gasteiger partial charge is 0.340 e. The molecule has 1 aliphatic heterocycles. The molecule has 0 spiro atoms. The average molecular weight is 302 g/mol. The van der Waals surface area contributed by atoms with Crippen molar-refractivity contribution in [2.45, 2.75) is 40.0 Å². The molecule has 0 radical (unpaired) electrons. The van der Waals surface area contributed by atoms with Crippen molar-refractivity contribution in [2.75, 3.05) is 32.7 Å². The van der Waals surface area contributed by atoms with E-state index in [1.807, 2.05) is 23.1 Å². The van der Waals surface area contributed by atoms with Gasteiger partial charge in [0.1, 0.15) is 0 Å². The highest BCUT2D eigenvalue weighted by Gasteiger charge is 2.25. The standard InChI is InChI=1S/C19H30N2O/c1-16(17-8-6-5-7-9-17)14-18(22)21-12-10-20(11-13-21)15-19(2,3)4/h5-9,16H,10-15H2,1-4H3. The summed E-state index contributed by atoms with van der Waals surface area (Å²) in [5.41, 5.74) is 1.58. The van der Waals surface area contributed by atoms with Crippen LogP contribution in [0.5, 0.6) is 0 Å². The predicted octanol–water partition coefficient (Wildman–Crippen LogP) is 3.37. The summed E-state index contributed by atoms with van der Waals surface area (Å²) in [6.07, 6.45) is 0.614. The lowest BCUT2D eigenvalue weighted by molar-refractivity contribution is -0.133. The number of carbonyl (C=O) groups excluding carboxylic acids is 1. The quantitative estimate of drug-likeness (QED) is 0.851. The Morgan fingerprint density at radius 3 is 2.23 bits per heavy atom. The Kier molecular flexibility index (Phi) is 5.63. The SMILES string of the molecule is CC(CC(=O)N1CCN(CC(C)(C)C)CC1)c1ccccc1. The molecule has 1 unspecified atom stereocenters. The number of amides is 1. The highest BCUT2D eigenvalue weighted by Crippen LogP contribution is 2.21. The van der Waals surface area contributed by atoms with Gasteiger partial charge < -0.3 is 4.90 Å². The van der Waals surface area contributed by atoms with Gasteiger partial charge in [0.15, 0.2) is 0 Å². The van der Waals surface area contributed by atoms with Crippen LogP contribution in [-0.4, -0.2) is 48.4 Å². The molecule has 0 N–H and O–H groups in total. The van der Waals surface area contributed by atoms with Gasteiger partial charge in [0.05, 0.1) is 0 Å². The first-order valence-corrected chi connectivity index (χ1v) is 8.40. The van der Waals surface area contributed by atoms with Gasteiger partial charge in [-0.15, -0.1) is 0 Å². The van der Waals surface area contributed by atoms with Gasteiger partial charge in [-0.25, -0.2) is 0 Å². The molecule has 3 nitrogen and oxygen atoms in total. The minimum absolute atomic E-state index is 0.293. The van der Waals surface area contributed by atoms with Crippen molar-refractivity contribution in [3.05, 3.63) is 35.9 Å². The lowest BCUT2D eigenvalue weighted by atomic mass is 9.95. The molecule has 1 aromatic carbocycles. The van der Waals surface area contributed by atoms with Gasteiger partial charge in [-0.3, -0.25) is 9.69 Å². The molecule has 1 saturated heterocycles. The maximum Gasteiger partial charge on any atom is 0.223 e. The Hall–Kier alpha value is -1.35. The molecule has 0 bridgehead atoms. The first-order valence-electron chi connectivity index (χ1n) is 8.40. The molecule has 1 heterocycles. The van der Waals surface area contributed by atoms with Crippen LogP contribution in [0.2, 0.25) is 0 Å². The minimum atomic E-state index is 0.293. The molecule has 1 fully saturated rings. The fraction of sp³-hybridized carbons (Fsp3) is 0.632. The van der Waals surface area contributed by atoms with E-state index in [0.29, 0.717) is 23.7 Å². The van der Waals surface area contributed by atoms with Crippen molar-refractivity contribution in [1.29, 1.82) is 0 Å². The summed E-state index contributed by atoms with van der Waals surface area (Å²) in [5.74, 6) is 0.591. The zero-order chi connectivity index (χ0) is 16.2. The molecule has 0 saturated carbocycles. The van der Waals surface area contributed by atoms with Crippen LogP contribution in [0.3, 0.4) is 0 Å². The van der Waals surface area contributed by atoms with Crippen molar-refractivity contribution >= 4 is 5.91 Å². The molecular formula is C19H30N2O. The maximum absolute atomic E-state index is 12.5. The predicted molar refractivity (Wildman–Crippen MR) is 91.9 cm³/mol. The van der Waals surface area contributed by atoms with Crippen LogP contribution < -0.4 is 0 Å². The van der Waals surface area contributed by atoms with E-state index < -0.39 is 0 Å². The Labute approximate surface area is 135 Å². The summed E-state index contributed by atoms with van der Waals surface area (Å²) in [6.45, 7) is 13.8. The number of rotatable bonds is 4. The lowest BCUT2D eigenvalue weighted by Crippen LogP contribution is -2.50. The maximum atomic E-state index is 12.5. The summed E-state index contributed by atoms with van der Waals surface area (Å²) >= 11 is 0. The van der Waals surface area contributed by atoms with Gasteiger partial charge in [0, 0.05) is 39.1 Å². The summed E-state index contributed by atoms with van der Waals surface area (Å²) in [4.78, 5) is 17.0. The van der Waals surface area contributed by atoms with E-state index in [1.54, 1.807) is 0 Å². The highest BCUT2D eigenvalue weighted by molar-refractivity contribution is 5.77. The Bertz CT molecular complexity index is 470. The molecular weight excluding hydrogens is 272 g/mol. The zero-order valence-corrected chi connectivity index (χ0v) is 14.5. The van der Waals surface area contributed by atoms with E-state index in [1.165, 1.54) is 5.56 Å². The van der Waals surface area contributed by atoms with Crippen LogP contribution in [-0.2, 0) is 4.79 Å². The molecule has 1 atom stereocenters. The van der Waals surface area contributed by atoms with E-state index in [4.69, 9.17) is 0 Å². The molecule has 122 valence electrons. The van der Waals surface area contributed by atoms with E-state index in [9.17, 15) is 4.79 Å². The van der Waals surface area contributed by atoms with Gasteiger partial charge in [-0.05, 0) is 16.9 Å². The van der Waals surface area contributed by atoms with E-state index in [2.05, 4.69) is 44.7 Å². The Morgan fingerprint density at radius 1 is 1.09 bits per heavy atom. The monoisotopic (exact) mass is 302 g/mol. The number of piperazine rings is 1. The molecule has 2 rings (SSSR count). The average Bonchev–Trinajstić information content (AvgIpc) is 2.47. The second-order valence-electron chi connectivity index (χ2n) is 7.73. The Balaban J connectivity index is 1.80. The van der Waals surface area contributed by atoms with Gasteiger partial charge >= 0.3 is 0 Å². The fourth-order valence-electron chi connectivity index (χ4n) is 3.12. The molecule has 0 aliphatic carbocycles. The van der Waals surface area contributed by atoms with Crippen LogP contribution in [0.1, 0.15) is 45.6 Å². The van der Waals surface area contributed by atoms with Crippen LogP contribution >= 0.6 is 0 Å². The van der Waals surface area contributed by atoms with E-state index in [-0.39, 0.29) is 0 Å². The Morgan fingerprint density at radius 2 is 1.68 bits per heavy atom. The smallest absolute Gasteiger partial charge is 0.223 e. The van der Waals surface area contributed by atoms with Crippen molar-refractivity contribution < 1.29 is 4.79 Å². The van der Waals surface area contributed by atoms with Crippen LogP contribution in [0.15, 0.2) is 30.3 Å². The highest BCUT2D eigenvalue weighted by atomic mass is 16.2. The number of hydrogen-bond acceptors (Lipinski definition) is 2. The van der Waals surface area contributed by atoms with Crippen molar-refractivity contribution in [3.8, 4) is 0 Å². The van der Waals surface area contributed by atoms with Gasteiger partial charge in [-0.1, -0.05) is 58.0 Å². The third-order valence-corrected chi connectivity index (χ3v) is 4.27. The molecule has 0 aromatic heterocycles. The van der Waals surface area contributed by atoms with Crippen molar-refractivity contribution in [1.82, 2.24) is 9.80 Å². The van der Waals surface area contributed by atoms with Crippen molar-refractivity contribution in [3.63, 3.8) is 0 Å². The van der Waals surface area contributed by atoms with Gasteiger partial charge in [0.2, 0.25) is 5.91 Å². The number of benzene rings is 1. The summed E-state index contributed by atoms with van der Waals surface area (Å²) in [7, 11) is 0. The first kappa shape index (κ1) is 17.0. The van der Waals surface area contributed by atoms with Gasteiger partial charge in [-0.2, -0.15) is 0 Å². The normalized spacial score (nSPS) is 18.3. The number of hydrogen-bond donors (Lipinski definition) is 0. The van der Waals surface area contributed by atoms with Crippen LogP contribution in [0.25, 0.3) is 0 Å². The second kappa shape index (κ2) is 7.28. The van der Waals surface area contributed by atoms with Gasteiger partial charge in [0.25, 0.3) is 0 Å². The van der Waals surface area contributed by atoms with E-state index in [0.717, 1.165) is 32.7 Å². The summed E-state index contributed by atoms with van der Waals surface area (Å²) < 4.78 is 0. The van der Waals surface area contributed by atoms with E-state index >= 15 is 0 Å². The molecule has 1 aromatic rings. The molecule has 22 heavy (non-hydrogen) atoms. The zero-order valence-electron chi connectivity index (χ0n) is 14.5. The lowest BCUT2D eigenvalue weighted by Gasteiger charge is -2.38. The first-order chi connectivity index (χ1) is 10.3. The summed E-state index contributed by atoms with van der Waals surface area (Å²) in [5, 5.41) is 0. The molecule has 1 amide bonds. The summed E-state index contributed by atoms with van der Waals surface area (Å²) in [6, 6.07) is 10.3. The third kappa shape index (κ3) is 5.13. The number of carbonyl (C=O) groups is 1. The fourth-order valence-corrected chi connectivity index (χ4v) is 3.12. The van der Waals surface area contributed by atoms with Crippen LogP contribution in [0.4, 0.5) is 0 Å². The minimum Gasteiger partial charge on any atom is -0.340 e. The van der Waals surface area contributed by atoms with Crippen LogP contribution in [0, 0.1) is 5.41 Å². The molecule has 1 aliphatic rings. The topological polar surface area (TPSA) is 23.6 Å². The second-order valence-corrected chi connectivity index (χ2v) is 7.73.